The zero-order valence-corrected chi connectivity index (χ0v) is 13.5. The number of carboxylic acid groups (broad SMARTS) is 2. The third kappa shape index (κ3) is 15.9. The van der Waals surface area contributed by atoms with Crippen molar-refractivity contribution in [1.29, 1.82) is 0 Å². The molecule has 22 heavy (non-hydrogen) atoms. The topological polar surface area (TPSA) is 156 Å². The fraction of sp³-hybridized carbons (Fsp3) is 0.667. The highest BCUT2D eigenvalue weighted by atomic mass is 16.4. The first-order valence-corrected chi connectivity index (χ1v) is 5.93. The van der Waals surface area contributed by atoms with Crippen LogP contribution in [0.25, 0.3) is 0 Å². The van der Waals surface area contributed by atoms with Crippen LogP contribution in [-0.4, -0.2) is 94.4 Å². The lowest BCUT2D eigenvalue weighted by atomic mass is 10.2. The van der Waals surface area contributed by atoms with Crippen molar-refractivity contribution in [2.45, 2.75) is 26.1 Å². The number of hydrogen-bond acceptors (Lipinski definition) is 6. The number of amides is 2. The Kier molecular flexibility index (Phi) is 14.1. The number of aliphatic carboxylic acids is 2. The molecule has 0 aliphatic heterocycles. The Morgan fingerprint density at radius 3 is 0.864 bits per heavy atom. The van der Waals surface area contributed by atoms with Gasteiger partial charge in [-0.15, -0.1) is 0 Å². The Morgan fingerprint density at radius 2 is 0.818 bits per heavy atom. The summed E-state index contributed by atoms with van der Waals surface area (Å²) in [5.41, 5.74) is 0. The van der Waals surface area contributed by atoms with Crippen molar-refractivity contribution >= 4 is 23.8 Å². The molecule has 0 rings (SSSR count). The molecule has 2 atom stereocenters. The highest BCUT2D eigenvalue weighted by Crippen LogP contribution is 1.92. The number of hydrogen-bond donors (Lipinski definition) is 4. The first-order chi connectivity index (χ1) is 9.75. The molecule has 0 aromatic heterocycles. The molecule has 0 aliphatic carbocycles. The van der Waals surface area contributed by atoms with Crippen molar-refractivity contribution in [2.24, 2.45) is 0 Å². The molecule has 2 unspecified atom stereocenters. The molecule has 0 saturated heterocycles. The summed E-state index contributed by atoms with van der Waals surface area (Å²) in [7, 11) is 6.90. The molecule has 0 saturated carbocycles. The monoisotopic (exact) mass is 324 g/mol. The zero-order chi connectivity index (χ0) is 18.6. The molecule has 130 valence electrons. The Balaban J connectivity index is -0.000000261. The van der Waals surface area contributed by atoms with Crippen molar-refractivity contribution in [1.82, 2.24) is 9.80 Å². The first-order valence-electron chi connectivity index (χ1n) is 5.93. The van der Waals surface area contributed by atoms with Crippen molar-refractivity contribution in [2.75, 3.05) is 28.2 Å². The van der Waals surface area contributed by atoms with E-state index in [9.17, 15) is 19.2 Å². The van der Waals surface area contributed by atoms with Gasteiger partial charge >= 0.3 is 11.9 Å². The molecular formula is C12H24N2O8. The van der Waals surface area contributed by atoms with Crippen molar-refractivity contribution in [3.8, 4) is 0 Å². The highest BCUT2D eigenvalue weighted by molar-refractivity contribution is 5.83. The summed E-state index contributed by atoms with van der Waals surface area (Å²) >= 11 is 0. The van der Waals surface area contributed by atoms with Crippen LogP contribution in [0.15, 0.2) is 0 Å². The predicted molar refractivity (Wildman–Crippen MR) is 76.0 cm³/mol. The van der Waals surface area contributed by atoms with E-state index in [0.29, 0.717) is 0 Å². The summed E-state index contributed by atoms with van der Waals surface area (Å²) in [4.78, 5) is 42.7. The molecule has 10 heteroatoms. The third-order valence-electron chi connectivity index (χ3n) is 2.06. The van der Waals surface area contributed by atoms with Crippen LogP contribution in [0.5, 0.6) is 0 Å². The maximum Gasteiger partial charge on any atom is 0.335 e. The van der Waals surface area contributed by atoms with E-state index < -0.39 is 24.1 Å². The zero-order valence-electron chi connectivity index (χ0n) is 13.5. The van der Waals surface area contributed by atoms with Gasteiger partial charge in [0, 0.05) is 42.0 Å². The van der Waals surface area contributed by atoms with Crippen molar-refractivity contribution < 1.29 is 39.6 Å². The van der Waals surface area contributed by atoms with E-state index in [4.69, 9.17) is 20.4 Å². The minimum Gasteiger partial charge on any atom is -0.479 e. The highest BCUT2D eigenvalue weighted by Gasteiger charge is 2.29. The Hall–Kier alpha value is -2.20. The fourth-order valence-electron chi connectivity index (χ4n) is 0.270. The number of carboxylic acids is 2. The van der Waals surface area contributed by atoms with Gasteiger partial charge in [0.05, 0.1) is 0 Å². The van der Waals surface area contributed by atoms with Crippen molar-refractivity contribution in [3.63, 3.8) is 0 Å². The minimum atomic E-state index is -2.27. The molecule has 0 spiro atoms. The lowest BCUT2D eigenvalue weighted by Gasteiger charge is -2.07. The van der Waals surface area contributed by atoms with Gasteiger partial charge in [0.15, 0.2) is 12.2 Å². The molecule has 0 radical (unpaired) electrons. The van der Waals surface area contributed by atoms with Gasteiger partial charge in [-0.05, 0) is 0 Å². The third-order valence-corrected chi connectivity index (χ3v) is 2.06. The molecule has 2 amide bonds. The summed E-state index contributed by atoms with van der Waals surface area (Å²) < 4.78 is 0. The van der Waals surface area contributed by atoms with Gasteiger partial charge in [-0.3, -0.25) is 9.59 Å². The number of aliphatic hydroxyl groups excluding tert-OH is 2. The summed E-state index contributed by atoms with van der Waals surface area (Å²) in [6, 6.07) is 0. The van der Waals surface area contributed by atoms with E-state index in [0.717, 1.165) is 0 Å². The quantitative estimate of drug-likeness (QED) is 0.467. The largest absolute Gasteiger partial charge is 0.479 e. The molecule has 0 heterocycles. The maximum absolute atomic E-state index is 10.1. The summed E-state index contributed by atoms with van der Waals surface area (Å²) in [5, 5.41) is 32.5. The second-order valence-corrected chi connectivity index (χ2v) is 4.39. The van der Waals surface area contributed by atoms with Gasteiger partial charge in [0.1, 0.15) is 0 Å². The molecule has 0 aromatic carbocycles. The van der Waals surface area contributed by atoms with Crippen LogP contribution in [0.2, 0.25) is 0 Å². The van der Waals surface area contributed by atoms with Gasteiger partial charge in [-0.1, -0.05) is 0 Å². The van der Waals surface area contributed by atoms with Gasteiger partial charge in [0.2, 0.25) is 11.8 Å². The van der Waals surface area contributed by atoms with Crippen LogP contribution in [-0.2, 0) is 19.2 Å². The Bertz CT molecular complexity index is 345. The second kappa shape index (κ2) is 12.5. The normalized spacial score (nSPS) is 11.5. The second-order valence-electron chi connectivity index (χ2n) is 4.39. The molecule has 4 N–H and O–H groups in total. The average molecular weight is 324 g/mol. The van der Waals surface area contributed by atoms with E-state index in [2.05, 4.69) is 0 Å². The predicted octanol–water partition coefficient (Wildman–Crippen LogP) is -1.93. The van der Waals surface area contributed by atoms with Crippen LogP contribution in [0.3, 0.4) is 0 Å². The molecular weight excluding hydrogens is 300 g/mol. The number of nitrogens with zero attached hydrogens (tertiary/aromatic N) is 2. The van der Waals surface area contributed by atoms with E-state index in [-0.39, 0.29) is 11.8 Å². The summed E-state index contributed by atoms with van der Waals surface area (Å²) in [6.45, 7) is 3.06. The number of carbonyl (C=O) groups is 4. The van der Waals surface area contributed by atoms with Crippen LogP contribution in [0.1, 0.15) is 13.8 Å². The maximum atomic E-state index is 10.1. The van der Waals surface area contributed by atoms with Gasteiger partial charge < -0.3 is 30.2 Å². The SMILES string of the molecule is CC(=O)N(C)C.CC(=O)N(C)C.O=C(O)C(O)C(O)C(=O)O. The van der Waals surface area contributed by atoms with Gasteiger partial charge in [0.25, 0.3) is 0 Å². The van der Waals surface area contributed by atoms with E-state index in [1.165, 1.54) is 23.6 Å². The molecule has 0 aromatic rings. The van der Waals surface area contributed by atoms with Crippen molar-refractivity contribution in [3.05, 3.63) is 0 Å². The van der Waals surface area contributed by atoms with E-state index in [1.54, 1.807) is 28.2 Å². The number of carbonyl (C=O) groups excluding carboxylic acids is 2. The lowest BCUT2D eigenvalue weighted by Crippen LogP contribution is -2.39. The van der Waals surface area contributed by atoms with E-state index in [1.807, 2.05) is 0 Å². The Labute approximate surface area is 128 Å². The summed E-state index contributed by atoms with van der Waals surface area (Å²) in [5.74, 6) is -3.35. The summed E-state index contributed by atoms with van der Waals surface area (Å²) in [6.07, 6.45) is -4.53. The number of rotatable bonds is 3. The number of aliphatic hydroxyl groups is 2. The fourth-order valence-corrected chi connectivity index (χ4v) is 0.270. The van der Waals surface area contributed by atoms with Crippen LogP contribution in [0, 0.1) is 0 Å². The standard InChI is InChI=1S/2C4H9NO.C4H6O6/c2*1-4(6)5(2)3;5-1(3(7)8)2(6)4(9)10/h2*1-3H3;1-2,5-6H,(H,7,8)(H,9,10). The lowest BCUT2D eigenvalue weighted by molar-refractivity contribution is -0.165. The molecule has 0 aliphatic rings. The van der Waals surface area contributed by atoms with Gasteiger partial charge in [-0.2, -0.15) is 0 Å². The Morgan fingerprint density at radius 1 is 0.682 bits per heavy atom. The van der Waals surface area contributed by atoms with Crippen LogP contribution < -0.4 is 0 Å². The van der Waals surface area contributed by atoms with Crippen LogP contribution >= 0.6 is 0 Å². The molecule has 0 fully saturated rings. The average Bonchev–Trinajstić information content (AvgIpc) is 2.37. The smallest absolute Gasteiger partial charge is 0.335 e. The minimum absolute atomic E-state index is 0.0926. The molecule has 0 bridgehead atoms. The van der Waals surface area contributed by atoms with E-state index >= 15 is 0 Å². The van der Waals surface area contributed by atoms with Gasteiger partial charge in [-0.25, -0.2) is 9.59 Å². The van der Waals surface area contributed by atoms with Crippen LogP contribution in [0.4, 0.5) is 0 Å². The first kappa shape index (κ1) is 24.8. The molecule has 10 nitrogen and oxygen atoms in total.